The predicted octanol–water partition coefficient (Wildman–Crippen LogP) is 2.61. The van der Waals surface area contributed by atoms with Crippen LogP contribution >= 0.6 is 0 Å². The molecular formula is C12H16N2O. The number of ketones is 1. The van der Waals surface area contributed by atoms with Gasteiger partial charge in [0.2, 0.25) is 0 Å². The van der Waals surface area contributed by atoms with Gasteiger partial charge in [-0.05, 0) is 26.3 Å². The zero-order valence-corrected chi connectivity index (χ0v) is 9.50. The lowest BCUT2D eigenvalue weighted by atomic mass is 10.1. The molecule has 0 N–H and O–H groups in total. The standard InChI is InChI=1S/C12H16N2O/c1-4-7-14-9(2)8-11(10(14)3)12(15)5-6-13/h8H,4-5,7H2,1-3H3. The first kappa shape index (κ1) is 11.5. The molecule has 3 nitrogen and oxygen atoms in total. The molecule has 80 valence electrons. The predicted molar refractivity (Wildman–Crippen MR) is 58.8 cm³/mol. The van der Waals surface area contributed by atoms with E-state index in [2.05, 4.69) is 11.5 Å². The van der Waals surface area contributed by atoms with Crippen molar-refractivity contribution in [1.29, 1.82) is 5.26 Å². The highest BCUT2D eigenvalue weighted by Gasteiger charge is 2.14. The second kappa shape index (κ2) is 4.79. The molecule has 0 aliphatic heterocycles. The molecule has 1 heterocycles. The van der Waals surface area contributed by atoms with Crippen LogP contribution in [0.15, 0.2) is 6.07 Å². The normalized spacial score (nSPS) is 10.0. The summed E-state index contributed by atoms with van der Waals surface area (Å²) in [4.78, 5) is 11.6. The van der Waals surface area contributed by atoms with Crippen LogP contribution in [0.25, 0.3) is 0 Å². The number of aryl methyl sites for hydroxylation is 1. The van der Waals surface area contributed by atoms with Crippen LogP contribution in [-0.4, -0.2) is 10.4 Å². The molecule has 1 rings (SSSR count). The van der Waals surface area contributed by atoms with Crippen LogP contribution in [0.3, 0.4) is 0 Å². The van der Waals surface area contributed by atoms with Crippen molar-refractivity contribution in [3.63, 3.8) is 0 Å². The first-order valence-corrected chi connectivity index (χ1v) is 5.18. The van der Waals surface area contributed by atoms with E-state index in [0.717, 1.165) is 24.4 Å². The molecule has 0 aromatic carbocycles. The highest BCUT2D eigenvalue weighted by atomic mass is 16.1. The Morgan fingerprint density at radius 1 is 1.53 bits per heavy atom. The van der Waals surface area contributed by atoms with Crippen molar-refractivity contribution in [3.05, 3.63) is 23.0 Å². The zero-order valence-electron chi connectivity index (χ0n) is 9.50. The summed E-state index contributed by atoms with van der Waals surface area (Å²) >= 11 is 0. The number of carbonyl (C=O) groups is 1. The molecule has 0 bridgehead atoms. The fourth-order valence-electron chi connectivity index (χ4n) is 1.82. The number of aromatic nitrogens is 1. The summed E-state index contributed by atoms with van der Waals surface area (Å²) in [5, 5.41) is 8.49. The third kappa shape index (κ3) is 2.27. The topological polar surface area (TPSA) is 45.8 Å². The van der Waals surface area contributed by atoms with E-state index in [4.69, 9.17) is 5.26 Å². The maximum Gasteiger partial charge on any atom is 0.178 e. The lowest BCUT2D eigenvalue weighted by Crippen LogP contribution is -2.04. The second-order valence-corrected chi connectivity index (χ2v) is 3.69. The minimum Gasteiger partial charge on any atom is -0.348 e. The molecule has 1 aromatic heterocycles. The van der Waals surface area contributed by atoms with Crippen LogP contribution in [-0.2, 0) is 6.54 Å². The molecule has 0 spiro atoms. The van der Waals surface area contributed by atoms with Crippen LogP contribution in [0, 0.1) is 25.2 Å². The van der Waals surface area contributed by atoms with Crippen molar-refractivity contribution in [2.45, 2.75) is 40.2 Å². The number of carbonyl (C=O) groups excluding carboxylic acids is 1. The molecule has 0 saturated carbocycles. The summed E-state index contributed by atoms with van der Waals surface area (Å²) in [6.07, 6.45) is 1.01. The molecule has 0 atom stereocenters. The van der Waals surface area contributed by atoms with E-state index in [1.807, 2.05) is 26.0 Å². The largest absolute Gasteiger partial charge is 0.348 e. The Morgan fingerprint density at radius 2 is 2.20 bits per heavy atom. The molecule has 0 aliphatic carbocycles. The van der Waals surface area contributed by atoms with E-state index >= 15 is 0 Å². The fraction of sp³-hybridized carbons (Fsp3) is 0.500. The number of Topliss-reactive ketones (excluding diaryl/α,β-unsaturated/α-hetero) is 1. The Morgan fingerprint density at radius 3 is 2.73 bits per heavy atom. The van der Waals surface area contributed by atoms with Crippen LogP contribution in [0.1, 0.15) is 41.5 Å². The van der Waals surface area contributed by atoms with Crippen LogP contribution in [0.4, 0.5) is 0 Å². The van der Waals surface area contributed by atoms with E-state index in [-0.39, 0.29) is 12.2 Å². The van der Waals surface area contributed by atoms with Crippen molar-refractivity contribution in [2.75, 3.05) is 0 Å². The van der Waals surface area contributed by atoms with Gasteiger partial charge in [0.15, 0.2) is 5.78 Å². The average molecular weight is 204 g/mol. The van der Waals surface area contributed by atoms with Gasteiger partial charge in [-0.25, -0.2) is 0 Å². The number of hydrogen-bond donors (Lipinski definition) is 0. The minimum atomic E-state index is -0.0760. The third-order valence-electron chi connectivity index (χ3n) is 2.56. The SMILES string of the molecule is CCCn1c(C)cc(C(=O)CC#N)c1C. The van der Waals surface area contributed by atoms with Crippen molar-refractivity contribution in [2.24, 2.45) is 0 Å². The lowest BCUT2D eigenvalue weighted by molar-refractivity contribution is 0.0997. The second-order valence-electron chi connectivity index (χ2n) is 3.69. The molecule has 1 aromatic rings. The molecule has 0 fully saturated rings. The highest BCUT2D eigenvalue weighted by molar-refractivity contribution is 5.98. The molecular weight excluding hydrogens is 188 g/mol. The molecule has 0 radical (unpaired) electrons. The van der Waals surface area contributed by atoms with Gasteiger partial charge in [0.25, 0.3) is 0 Å². The van der Waals surface area contributed by atoms with Gasteiger partial charge in [-0.2, -0.15) is 5.26 Å². The van der Waals surface area contributed by atoms with Gasteiger partial charge < -0.3 is 4.57 Å². The number of hydrogen-bond acceptors (Lipinski definition) is 2. The summed E-state index contributed by atoms with van der Waals surface area (Å²) in [5.74, 6) is -0.0760. The number of rotatable bonds is 4. The molecule has 0 unspecified atom stereocenters. The Kier molecular flexibility index (Phi) is 3.68. The summed E-state index contributed by atoms with van der Waals surface area (Å²) in [6, 6.07) is 3.77. The van der Waals surface area contributed by atoms with Gasteiger partial charge in [0, 0.05) is 23.5 Å². The third-order valence-corrected chi connectivity index (χ3v) is 2.56. The van der Waals surface area contributed by atoms with Gasteiger partial charge >= 0.3 is 0 Å². The van der Waals surface area contributed by atoms with E-state index in [1.165, 1.54) is 0 Å². The molecule has 15 heavy (non-hydrogen) atoms. The first-order chi connectivity index (χ1) is 7.11. The minimum absolute atomic E-state index is 0.0313. The maximum atomic E-state index is 11.6. The number of nitrogens with zero attached hydrogens (tertiary/aromatic N) is 2. The smallest absolute Gasteiger partial charge is 0.178 e. The van der Waals surface area contributed by atoms with Gasteiger partial charge in [0.05, 0.1) is 12.5 Å². The summed E-state index contributed by atoms with van der Waals surface area (Å²) in [7, 11) is 0. The Bertz CT molecular complexity index is 410. The van der Waals surface area contributed by atoms with E-state index in [1.54, 1.807) is 0 Å². The summed E-state index contributed by atoms with van der Waals surface area (Å²) < 4.78 is 2.13. The summed E-state index contributed by atoms with van der Waals surface area (Å²) in [5.41, 5.74) is 2.77. The van der Waals surface area contributed by atoms with E-state index < -0.39 is 0 Å². The highest BCUT2D eigenvalue weighted by Crippen LogP contribution is 2.17. The van der Waals surface area contributed by atoms with Gasteiger partial charge in [-0.1, -0.05) is 6.92 Å². The van der Waals surface area contributed by atoms with Crippen molar-refractivity contribution >= 4 is 5.78 Å². The molecule has 0 aliphatic rings. The summed E-state index contributed by atoms with van der Waals surface area (Å²) in [6.45, 7) is 6.96. The van der Waals surface area contributed by atoms with E-state index in [9.17, 15) is 4.79 Å². The monoisotopic (exact) mass is 204 g/mol. The van der Waals surface area contributed by atoms with Crippen molar-refractivity contribution in [1.82, 2.24) is 4.57 Å². The van der Waals surface area contributed by atoms with Gasteiger partial charge in [0.1, 0.15) is 0 Å². The number of nitriles is 1. The Hall–Kier alpha value is -1.56. The van der Waals surface area contributed by atoms with Crippen LogP contribution in [0.2, 0.25) is 0 Å². The van der Waals surface area contributed by atoms with Crippen molar-refractivity contribution in [3.8, 4) is 6.07 Å². The zero-order chi connectivity index (χ0) is 11.4. The van der Waals surface area contributed by atoms with Crippen LogP contribution in [0.5, 0.6) is 0 Å². The molecule has 0 saturated heterocycles. The fourth-order valence-corrected chi connectivity index (χ4v) is 1.82. The Labute approximate surface area is 90.3 Å². The lowest BCUT2D eigenvalue weighted by Gasteiger charge is -2.07. The molecule has 0 amide bonds. The first-order valence-electron chi connectivity index (χ1n) is 5.18. The maximum absolute atomic E-state index is 11.6. The quantitative estimate of drug-likeness (QED) is 0.708. The Balaban J connectivity index is 3.07. The van der Waals surface area contributed by atoms with Crippen LogP contribution < -0.4 is 0 Å². The van der Waals surface area contributed by atoms with Gasteiger partial charge in [-0.15, -0.1) is 0 Å². The molecule has 3 heteroatoms. The van der Waals surface area contributed by atoms with Crippen molar-refractivity contribution < 1.29 is 4.79 Å². The average Bonchev–Trinajstić information content (AvgIpc) is 2.47. The van der Waals surface area contributed by atoms with Gasteiger partial charge in [-0.3, -0.25) is 4.79 Å². The van der Waals surface area contributed by atoms with E-state index in [0.29, 0.717) is 5.56 Å².